The maximum Gasteiger partial charge on any atom is 0.326 e. The molecule has 1 aromatic carbocycles. The summed E-state index contributed by atoms with van der Waals surface area (Å²) in [5.74, 6) is -1.74. The van der Waals surface area contributed by atoms with Crippen molar-refractivity contribution in [2.75, 3.05) is 0 Å². The Balaban J connectivity index is 2.24. The second-order valence-electron chi connectivity index (χ2n) is 5.47. The molecule has 6 nitrogen and oxygen atoms in total. The van der Waals surface area contributed by atoms with Gasteiger partial charge in [0.25, 0.3) is 5.91 Å². The van der Waals surface area contributed by atoms with Crippen molar-refractivity contribution in [3.63, 3.8) is 0 Å². The maximum absolute atomic E-state index is 12.3. The van der Waals surface area contributed by atoms with Gasteiger partial charge in [0.15, 0.2) is 5.69 Å². The Labute approximate surface area is 128 Å². The Morgan fingerprint density at radius 2 is 1.86 bits per heavy atom. The van der Waals surface area contributed by atoms with Crippen LogP contribution >= 0.6 is 0 Å². The molecule has 2 rings (SSSR count). The maximum atomic E-state index is 12.3. The highest BCUT2D eigenvalue weighted by Crippen LogP contribution is 2.12. The van der Waals surface area contributed by atoms with E-state index in [1.54, 1.807) is 31.6 Å². The van der Waals surface area contributed by atoms with Crippen LogP contribution in [0.3, 0.4) is 0 Å². The van der Waals surface area contributed by atoms with Crippen LogP contribution in [-0.4, -0.2) is 32.8 Å². The molecule has 2 aromatic rings. The molecule has 0 spiro atoms. The van der Waals surface area contributed by atoms with E-state index in [-0.39, 0.29) is 11.6 Å². The van der Waals surface area contributed by atoms with Gasteiger partial charge in [0.1, 0.15) is 6.04 Å². The lowest BCUT2D eigenvalue weighted by Gasteiger charge is -2.17. The summed E-state index contributed by atoms with van der Waals surface area (Å²) in [7, 11) is 0. The molecule has 1 atom stereocenters. The number of hydrogen-bond donors (Lipinski definition) is 2. The highest BCUT2D eigenvalue weighted by molar-refractivity contribution is 5.96. The van der Waals surface area contributed by atoms with Gasteiger partial charge in [-0.15, -0.1) is 0 Å². The molecule has 22 heavy (non-hydrogen) atoms. The van der Waals surface area contributed by atoms with Gasteiger partial charge in [-0.3, -0.25) is 4.79 Å². The van der Waals surface area contributed by atoms with Crippen molar-refractivity contribution in [3.8, 4) is 5.69 Å². The zero-order chi connectivity index (χ0) is 16.3. The number of carboxylic acids is 1. The molecule has 0 saturated carbocycles. The van der Waals surface area contributed by atoms with Crippen LogP contribution in [-0.2, 0) is 4.79 Å². The van der Waals surface area contributed by atoms with E-state index in [0.29, 0.717) is 5.56 Å². The smallest absolute Gasteiger partial charge is 0.326 e. The van der Waals surface area contributed by atoms with Gasteiger partial charge >= 0.3 is 5.97 Å². The molecule has 0 aliphatic rings. The summed E-state index contributed by atoms with van der Waals surface area (Å²) >= 11 is 0. The third-order valence-corrected chi connectivity index (χ3v) is 3.35. The molecule has 0 aliphatic carbocycles. The van der Waals surface area contributed by atoms with Gasteiger partial charge in [0.05, 0.1) is 5.69 Å². The minimum atomic E-state index is -1.05. The lowest BCUT2D eigenvalue weighted by atomic mass is 10.0. The van der Waals surface area contributed by atoms with Crippen LogP contribution in [0, 0.1) is 12.8 Å². The summed E-state index contributed by atoms with van der Waals surface area (Å²) in [5.41, 5.74) is 1.76. The van der Waals surface area contributed by atoms with E-state index < -0.39 is 17.9 Å². The molecule has 0 unspecified atom stereocenters. The highest BCUT2D eigenvalue weighted by atomic mass is 16.4. The summed E-state index contributed by atoms with van der Waals surface area (Å²) < 4.78 is 1.61. The Hall–Kier alpha value is -2.63. The van der Waals surface area contributed by atoms with Gasteiger partial charge in [-0.2, -0.15) is 5.10 Å². The highest BCUT2D eigenvalue weighted by Gasteiger charge is 2.25. The van der Waals surface area contributed by atoms with E-state index in [1.165, 1.54) is 0 Å². The Morgan fingerprint density at radius 3 is 2.41 bits per heavy atom. The summed E-state index contributed by atoms with van der Waals surface area (Å²) in [6.45, 7) is 5.26. The molecule has 1 amide bonds. The van der Waals surface area contributed by atoms with Gasteiger partial charge in [0, 0.05) is 11.8 Å². The molecule has 0 aliphatic heterocycles. The van der Waals surface area contributed by atoms with E-state index in [4.69, 9.17) is 5.11 Å². The van der Waals surface area contributed by atoms with Gasteiger partial charge in [-0.1, -0.05) is 32.0 Å². The van der Waals surface area contributed by atoms with E-state index >= 15 is 0 Å². The molecule has 116 valence electrons. The first-order valence-corrected chi connectivity index (χ1v) is 7.05. The number of hydrogen-bond acceptors (Lipinski definition) is 3. The van der Waals surface area contributed by atoms with Crippen molar-refractivity contribution in [1.82, 2.24) is 15.1 Å². The van der Waals surface area contributed by atoms with Crippen LogP contribution in [0.2, 0.25) is 0 Å². The van der Waals surface area contributed by atoms with E-state index in [2.05, 4.69) is 10.4 Å². The summed E-state index contributed by atoms with van der Waals surface area (Å²) in [6, 6.07) is 8.48. The van der Waals surface area contributed by atoms with Crippen molar-refractivity contribution in [2.45, 2.75) is 26.8 Å². The van der Waals surface area contributed by atoms with E-state index in [0.717, 1.165) is 5.69 Å². The first-order chi connectivity index (χ1) is 10.4. The number of nitrogens with one attached hydrogen (secondary N) is 1. The second kappa shape index (κ2) is 6.43. The van der Waals surface area contributed by atoms with Crippen LogP contribution in [0.15, 0.2) is 36.5 Å². The number of carbonyl (C=O) groups is 2. The predicted molar refractivity (Wildman–Crippen MR) is 82.0 cm³/mol. The Kier molecular flexibility index (Phi) is 4.60. The lowest BCUT2D eigenvalue weighted by Crippen LogP contribution is -2.44. The minimum Gasteiger partial charge on any atom is -0.480 e. The van der Waals surface area contributed by atoms with Crippen LogP contribution < -0.4 is 5.32 Å². The fourth-order valence-electron chi connectivity index (χ4n) is 2.12. The number of carboxylic acid groups (broad SMARTS) is 1. The molecule has 0 radical (unpaired) electrons. The van der Waals surface area contributed by atoms with Gasteiger partial charge in [-0.25, -0.2) is 9.48 Å². The first-order valence-electron chi connectivity index (χ1n) is 7.05. The molecular formula is C16H19N3O3. The second-order valence-corrected chi connectivity index (χ2v) is 5.47. The fraction of sp³-hybridized carbons (Fsp3) is 0.312. The Morgan fingerprint density at radius 1 is 1.23 bits per heavy atom. The SMILES string of the molecule is Cc1cn(-c2ccccc2)nc1C(=O)N[C@H](C(=O)O)C(C)C. The van der Waals surface area contributed by atoms with Crippen molar-refractivity contribution in [1.29, 1.82) is 0 Å². The molecule has 0 fully saturated rings. The van der Waals surface area contributed by atoms with Crippen LogP contribution in [0.25, 0.3) is 5.69 Å². The molecule has 0 bridgehead atoms. The largest absolute Gasteiger partial charge is 0.480 e. The van der Waals surface area contributed by atoms with Gasteiger partial charge < -0.3 is 10.4 Å². The number of aryl methyl sites for hydroxylation is 1. The number of para-hydroxylation sites is 1. The number of carbonyl (C=O) groups excluding carboxylic acids is 1. The zero-order valence-electron chi connectivity index (χ0n) is 12.8. The first kappa shape index (κ1) is 15.8. The average molecular weight is 301 g/mol. The zero-order valence-corrected chi connectivity index (χ0v) is 12.8. The number of rotatable bonds is 5. The number of nitrogens with zero attached hydrogens (tertiary/aromatic N) is 2. The predicted octanol–water partition coefficient (Wildman–Crippen LogP) is 2.02. The number of aliphatic carboxylic acids is 1. The van der Waals surface area contributed by atoms with Crippen molar-refractivity contribution < 1.29 is 14.7 Å². The summed E-state index contributed by atoms with van der Waals surface area (Å²) in [4.78, 5) is 23.5. The summed E-state index contributed by atoms with van der Waals surface area (Å²) in [6.07, 6.45) is 1.75. The third-order valence-electron chi connectivity index (χ3n) is 3.35. The fourth-order valence-corrected chi connectivity index (χ4v) is 2.12. The topological polar surface area (TPSA) is 84.2 Å². The average Bonchev–Trinajstić information content (AvgIpc) is 2.87. The number of aromatic nitrogens is 2. The quantitative estimate of drug-likeness (QED) is 0.885. The summed E-state index contributed by atoms with van der Waals surface area (Å²) in [5, 5.41) is 15.9. The third kappa shape index (κ3) is 3.33. The number of amides is 1. The minimum absolute atomic E-state index is 0.210. The lowest BCUT2D eigenvalue weighted by molar-refractivity contribution is -0.140. The molecule has 1 heterocycles. The van der Waals surface area contributed by atoms with Crippen molar-refractivity contribution in [3.05, 3.63) is 47.8 Å². The van der Waals surface area contributed by atoms with Crippen LogP contribution in [0.1, 0.15) is 29.9 Å². The van der Waals surface area contributed by atoms with Gasteiger partial charge in [0.2, 0.25) is 0 Å². The van der Waals surface area contributed by atoms with E-state index in [1.807, 2.05) is 30.3 Å². The van der Waals surface area contributed by atoms with Gasteiger partial charge in [-0.05, 0) is 25.0 Å². The monoisotopic (exact) mass is 301 g/mol. The van der Waals surface area contributed by atoms with E-state index in [9.17, 15) is 9.59 Å². The normalized spacial score (nSPS) is 12.2. The molecule has 6 heteroatoms. The molecule has 0 saturated heterocycles. The Bertz CT molecular complexity index is 677. The van der Waals surface area contributed by atoms with Crippen molar-refractivity contribution in [2.24, 2.45) is 5.92 Å². The van der Waals surface area contributed by atoms with Crippen LogP contribution in [0.5, 0.6) is 0 Å². The molecular weight excluding hydrogens is 282 g/mol. The molecule has 1 aromatic heterocycles. The van der Waals surface area contributed by atoms with Crippen molar-refractivity contribution >= 4 is 11.9 Å². The number of benzene rings is 1. The molecule has 2 N–H and O–H groups in total. The van der Waals surface area contributed by atoms with Crippen LogP contribution in [0.4, 0.5) is 0 Å². The standard InChI is InChI=1S/C16H19N3O3/c1-10(2)13(16(21)22)17-15(20)14-11(3)9-19(18-14)12-7-5-4-6-8-12/h4-10,13H,1-3H3,(H,17,20)(H,21,22)/t13-/m0/s1.